The number of ether oxygens (including phenoxy) is 2. The molecule has 2 aliphatic rings. The first-order valence-electron chi connectivity index (χ1n) is 9.35. The van der Waals surface area contributed by atoms with Crippen molar-refractivity contribution in [1.29, 1.82) is 0 Å². The first kappa shape index (κ1) is 19.2. The van der Waals surface area contributed by atoms with E-state index in [0.29, 0.717) is 25.1 Å². The van der Waals surface area contributed by atoms with E-state index in [-0.39, 0.29) is 29.4 Å². The van der Waals surface area contributed by atoms with Gasteiger partial charge in [-0.3, -0.25) is 4.79 Å². The molecule has 6 nitrogen and oxygen atoms in total. The number of methoxy groups -OCH3 is 1. The lowest BCUT2D eigenvalue weighted by Crippen LogP contribution is -2.43. The van der Waals surface area contributed by atoms with E-state index in [4.69, 9.17) is 9.47 Å². The third kappa shape index (κ3) is 4.38. The van der Waals surface area contributed by atoms with Gasteiger partial charge in [0, 0.05) is 13.1 Å². The van der Waals surface area contributed by atoms with Crippen LogP contribution in [-0.2, 0) is 19.6 Å². The van der Waals surface area contributed by atoms with Crippen molar-refractivity contribution >= 4 is 16.0 Å². The van der Waals surface area contributed by atoms with Crippen LogP contribution in [0.4, 0.5) is 0 Å². The van der Waals surface area contributed by atoms with Crippen molar-refractivity contribution in [3.05, 3.63) is 24.3 Å². The van der Waals surface area contributed by atoms with Gasteiger partial charge in [-0.15, -0.1) is 0 Å². The first-order valence-corrected chi connectivity index (χ1v) is 10.8. The van der Waals surface area contributed by atoms with E-state index >= 15 is 0 Å². The summed E-state index contributed by atoms with van der Waals surface area (Å²) in [6, 6.07) is 6.34. The Morgan fingerprint density at radius 2 is 1.73 bits per heavy atom. The topological polar surface area (TPSA) is 72.9 Å². The molecule has 1 aliphatic carbocycles. The number of benzene rings is 1. The number of piperidine rings is 1. The Morgan fingerprint density at radius 3 is 2.38 bits per heavy atom. The van der Waals surface area contributed by atoms with Gasteiger partial charge in [0.1, 0.15) is 11.9 Å². The van der Waals surface area contributed by atoms with E-state index in [0.717, 1.165) is 25.7 Å². The maximum atomic E-state index is 12.9. The molecule has 144 valence electrons. The number of carbonyl (C=O) groups is 1. The molecule has 0 bridgehead atoms. The van der Waals surface area contributed by atoms with Gasteiger partial charge in [-0.2, -0.15) is 4.31 Å². The van der Waals surface area contributed by atoms with Crippen molar-refractivity contribution in [2.24, 2.45) is 5.92 Å². The van der Waals surface area contributed by atoms with Crippen molar-refractivity contribution in [3.8, 4) is 5.75 Å². The molecule has 3 rings (SSSR count). The number of nitrogens with zero attached hydrogens (tertiary/aromatic N) is 1. The molecule has 0 amide bonds. The molecule has 1 heterocycles. The summed E-state index contributed by atoms with van der Waals surface area (Å²) in [5, 5.41) is 0. The molecule has 7 heteroatoms. The highest BCUT2D eigenvalue weighted by molar-refractivity contribution is 7.89. The molecule has 1 saturated heterocycles. The normalized spacial score (nSPS) is 22.7. The summed E-state index contributed by atoms with van der Waals surface area (Å²) in [4.78, 5) is 12.7. The Hall–Kier alpha value is -1.60. The van der Waals surface area contributed by atoms with Gasteiger partial charge in [-0.1, -0.05) is 6.42 Å². The van der Waals surface area contributed by atoms with E-state index in [1.807, 2.05) is 0 Å². The third-order valence-corrected chi connectivity index (χ3v) is 7.13. The van der Waals surface area contributed by atoms with Gasteiger partial charge < -0.3 is 9.47 Å². The van der Waals surface area contributed by atoms with Crippen LogP contribution in [0.15, 0.2) is 29.2 Å². The van der Waals surface area contributed by atoms with Crippen molar-refractivity contribution in [3.63, 3.8) is 0 Å². The smallest absolute Gasteiger partial charge is 0.310 e. The molecule has 1 saturated carbocycles. The molecule has 1 atom stereocenters. The number of rotatable bonds is 5. The average Bonchev–Trinajstić information content (AvgIpc) is 2.69. The summed E-state index contributed by atoms with van der Waals surface area (Å²) >= 11 is 0. The Kier molecular flexibility index (Phi) is 6.19. The van der Waals surface area contributed by atoms with Gasteiger partial charge in [0.15, 0.2) is 0 Å². The Bertz CT molecular complexity index is 710. The molecule has 0 N–H and O–H groups in total. The van der Waals surface area contributed by atoms with Crippen LogP contribution in [0.3, 0.4) is 0 Å². The van der Waals surface area contributed by atoms with Gasteiger partial charge in [0.05, 0.1) is 17.9 Å². The zero-order valence-corrected chi connectivity index (χ0v) is 16.0. The minimum atomic E-state index is -3.62. The largest absolute Gasteiger partial charge is 0.497 e. The van der Waals surface area contributed by atoms with Crippen LogP contribution in [0.25, 0.3) is 0 Å². The summed E-state index contributed by atoms with van der Waals surface area (Å²) in [5.74, 6) is -0.0123. The zero-order valence-electron chi connectivity index (χ0n) is 15.2. The monoisotopic (exact) mass is 381 g/mol. The molecule has 0 aromatic heterocycles. The van der Waals surface area contributed by atoms with E-state index in [9.17, 15) is 13.2 Å². The lowest BCUT2D eigenvalue weighted by Gasteiger charge is -2.32. The lowest BCUT2D eigenvalue weighted by atomic mass is 9.96. The maximum absolute atomic E-state index is 12.9. The van der Waals surface area contributed by atoms with Crippen LogP contribution in [0, 0.1) is 5.92 Å². The Balaban J connectivity index is 1.65. The second-order valence-electron chi connectivity index (χ2n) is 7.07. The molecule has 1 aromatic carbocycles. The summed E-state index contributed by atoms with van der Waals surface area (Å²) in [6.07, 6.45) is 6.59. The predicted molar refractivity (Wildman–Crippen MR) is 97.4 cm³/mol. The van der Waals surface area contributed by atoms with Crippen LogP contribution >= 0.6 is 0 Å². The van der Waals surface area contributed by atoms with Crippen molar-refractivity contribution in [1.82, 2.24) is 4.31 Å². The zero-order chi connectivity index (χ0) is 18.6. The molecular formula is C19H27NO5S. The molecule has 1 aromatic rings. The minimum Gasteiger partial charge on any atom is -0.497 e. The number of hydrogen-bond donors (Lipinski definition) is 0. The quantitative estimate of drug-likeness (QED) is 0.733. The van der Waals surface area contributed by atoms with Gasteiger partial charge in [-0.25, -0.2) is 8.42 Å². The standard InChI is InChI=1S/C19H27NO5S/c1-24-16-9-11-18(12-10-16)26(22,23)20-13-5-6-15(14-20)19(21)25-17-7-3-2-4-8-17/h9-12,15,17H,2-8,13-14H2,1H3/t15-/m1/s1. The van der Waals surface area contributed by atoms with Gasteiger partial charge >= 0.3 is 5.97 Å². The third-order valence-electron chi connectivity index (χ3n) is 5.25. The van der Waals surface area contributed by atoms with Crippen LogP contribution in [0.5, 0.6) is 5.75 Å². The fourth-order valence-electron chi connectivity index (χ4n) is 3.69. The molecule has 0 unspecified atom stereocenters. The fraction of sp³-hybridized carbons (Fsp3) is 0.632. The highest BCUT2D eigenvalue weighted by atomic mass is 32.2. The number of carbonyl (C=O) groups excluding carboxylic acids is 1. The first-order chi connectivity index (χ1) is 12.5. The van der Waals surface area contributed by atoms with Crippen LogP contribution in [0.1, 0.15) is 44.9 Å². The number of esters is 1. The van der Waals surface area contributed by atoms with Gasteiger partial charge in [0.25, 0.3) is 0 Å². The van der Waals surface area contributed by atoms with Gasteiger partial charge in [0.2, 0.25) is 10.0 Å². The lowest BCUT2D eigenvalue weighted by molar-refractivity contribution is -0.156. The Labute approximate surface area is 155 Å². The summed E-state index contributed by atoms with van der Waals surface area (Å²) in [7, 11) is -2.08. The number of sulfonamides is 1. The summed E-state index contributed by atoms with van der Waals surface area (Å²) in [6.45, 7) is 0.626. The van der Waals surface area contributed by atoms with Crippen LogP contribution < -0.4 is 4.74 Å². The molecule has 0 radical (unpaired) electrons. The van der Waals surface area contributed by atoms with Crippen molar-refractivity contribution in [2.45, 2.75) is 55.9 Å². The van der Waals surface area contributed by atoms with Crippen LogP contribution in [-0.4, -0.2) is 45.0 Å². The van der Waals surface area contributed by atoms with Crippen molar-refractivity contribution in [2.75, 3.05) is 20.2 Å². The van der Waals surface area contributed by atoms with Crippen molar-refractivity contribution < 1.29 is 22.7 Å². The maximum Gasteiger partial charge on any atom is 0.310 e. The minimum absolute atomic E-state index is 0.00446. The summed E-state index contributed by atoms with van der Waals surface area (Å²) in [5.41, 5.74) is 0. The Morgan fingerprint density at radius 1 is 1.04 bits per heavy atom. The van der Waals surface area contributed by atoms with Gasteiger partial charge in [-0.05, 0) is 62.8 Å². The van der Waals surface area contributed by atoms with E-state index in [2.05, 4.69) is 0 Å². The molecule has 1 aliphatic heterocycles. The van der Waals surface area contributed by atoms with Crippen LogP contribution in [0.2, 0.25) is 0 Å². The fourth-order valence-corrected chi connectivity index (χ4v) is 5.22. The average molecular weight is 381 g/mol. The SMILES string of the molecule is COc1ccc(S(=O)(=O)N2CCC[C@@H](C(=O)OC3CCCCC3)C2)cc1. The highest BCUT2D eigenvalue weighted by Crippen LogP contribution is 2.27. The second-order valence-corrected chi connectivity index (χ2v) is 9.01. The molecule has 0 spiro atoms. The highest BCUT2D eigenvalue weighted by Gasteiger charge is 2.35. The molecular weight excluding hydrogens is 354 g/mol. The molecule has 26 heavy (non-hydrogen) atoms. The van der Waals surface area contributed by atoms with E-state index in [1.165, 1.54) is 30.0 Å². The van der Waals surface area contributed by atoms with E-state index in [1.54, 1.807) is 12.1 Å². The van der Waals surface area contributed by atoms with E-state index < -0.39 is 10.0 Å². The predicted octanol–water partition coefficient (Wildman–Crippen LogP) is 2.97. The number of hydrogen-bond acceptors (Lipinski definition) is 5. The molecule has 2 fully saturated rings. The second kappa shape index (κ2) is 8.39. The summed E-state index contributed by atoms with van der Waals surface area (Å²) < 4.78 is 37.9.